The van der Waals surface area contributed by atoms with E-state index in [0.29, 0.717) is 35.4 Å². The van der Waals surface area contributed by atoms with E-state index in [-0.39, 0.29) is 5.02 Å². The van der Waals surface area contributed by atoms with Gasteiger partial charge in [0.2, 0.25) is 0 Å². The molecule has 0 aliphatic heterocycles. The Hall–Kier alpha value is -3.06. The quantitative estimate of drug-likeness (QED) is 0.614. The molecule has 1 aromatic heterocycles. The maximum Gasteiger partial charge on any atom is 0.161 e. The number of nitrogens with zero attached hydrogens (tertiary/aromatic N) is 2. The average Bonchev–Trinajstić information content (AvgIpc) is 2.69. The highest BCUT2D eigenvalue weighted by Gasteiger charge is 2.06. The molecular weight excluding hydrogens is 371 g/mol. The zero-order valence-electron chi connectivity index (χ0n) is 14.8. The molecule has 0 bridgehead atoms. The largest absolute Gasteiger partial charge is 0.493 e. The lowest BCUT2D eigenvalue weighted by Gasteiger charge is -2.11. The summed E-state index contributed by atoms with van der Waals surface area (Å²) in [7, 11) is 3.19. The van der Waals surface area contributed by atoms with E-state index in [1.165, 1.54) is 18.5 Å². The predicted molar refractivity (Wildman–Crippen MR) is 104 cm³/mol. The third kappa shape index (κ3) is 4.77. The van der Waals surface area contributed by atoms with Gasteiger partial charge in [0, 0.05) is 18.3 Å². The van der Waals surface area contributed by atoms with Crippen LogP contribution in [-0.2, 0) is 6.54 Å². The number of hydrogen-bond acceptors (Lipinski definition) is 6. The minimum atomic E-state index is -0.470. The molecule has 0 radical (unpaired) electrons. The first-order chi connectivity index (χ1) is 13.1. The van der Waals surface area contributed by atoms with Crippen LogP contribution in [0.25, 0.3) is 0 Å². The predicted octanol–water partition coefficient (Wildman–Crippen LogP) is 4.64. The smallest absolute Gasteiger partial charge is 0.161 e. The Morgan fingerprint density at radius 3 is 2.48 bits per heavy atom. The van der Waals surface area contributed by atoms with Crippen LogP contribution in [0.1, 0.15) is 5.56 Å². The monoisotopic (exact) mass is 388 g/mol. The van der Waals surface area contributed by atoms with Crippen LogP contribution in [0.15, 0.2) is 48.8 Å². The molecule has 2 aromatic carbocycles. The maximum atomic E-state index is 13.3. The van der Waals surface area contributed by atoms with Gasteiger partial charge in [-0.3, -0.25) is 0 Å². The summed E-state index contributed by atoms with van der Waals surface area (Å²) in [6.45, 7) is 0.541. The first-order valence-electron chi connectivity index (χ1n) is 8.08. The fourth-order valence-corrected chi connectivity index (χ4v) is 2.61. The summed E-state index contributed by atoms with van der Waals surface area (Å²) in [4.78, 5) is 8.36. The summed E-state index contributed by atoms with van der Waals surface area (Å²) in [5.41, 5.74) is 1.64. The molecule has 0 unspecified atom stereocenters. The molecule has 0 atom stereocenters. The van der Waals surface area contributed by atoms with Gasteiger partial charge in [-0.15, -0.1) is 0 Å². The molecule has 6 nitrogen and oxygen atoms in total. The van der Waals surface area contributed by atoms with Crippen LogP contribution < -0.4 is 20.1 Å². The molecular formula is C19H18ClFN4O2. The van der Waals surface area contributed by atoms with Crippen LogP contribution in [0.5, 0.6) is 11.5 Å². The second-order valence-corrected chi connectivity index (χ2v) is 5.99. The van der Waals surface area contributed by atoms with Crippen molar-refractivity contribution >= 4 is 28.9 Å². The van der Waals surface area contributed by atoms with Crippen LogP contribution >= 0.6 is 11.6 Å². The lowest BCUT2D eigenvalue weighted by atomic mass is 10.2. The van der Waals surface area contributed by atoms with Gasteiger partial charge in [0.05, 0.1) is 19.2 Å². The van der Waals surface area contributed by atoms with Gasteiger partial charge < -0.3 is 20.1 Å². The Morgan fingerprint density at radius 2 is 1.74 bits per heavy atom. The average molecular weight is 389 g/mol. The summed E-state index contributed by atoms with van der Waals surface area (Å²) in [6.07, 6.45) is 1.43. The molecule has 3 rings (SSSR count). The van der Waals surface area contributed by atoms with Crippen LogP contribution in [0.2, 0.25) is 5.02 Å². The van der Waals surface area contributed by atoms with Crippen LogP contribution in [0.3, 0.4) is 0 Å². The Labute approximate surface area is 161 Å². The number of rotatable bonds is 7. The molecule has 1 heterocycles. The van der Waals surface area contributed by atoms with Crippen molar-refractivity contribution in [3.63, 3.8) is 0 Å². The van der Waals surface area contributed by atoms with E-state index >= 15 is 0 Å². The second kappa shape index (κ2) is 8.55. The van der Waals surface area contributed by atoms with E-state index < -0.39 is 5.82 Å². The maximum absolute atomic E-state index is 13.3. The van der Waals surface area contributed by atoms with E-state index in [2.05, 4.69) is 20.6 Å². The first kappa shape index (κ1) is 18.7. The number of hydrogen-bond donors (Lipinski definition) is 2. The van der Waals surface area contributed by atoms with Crippen molar-refractivity contribution < 1.29 is 13.9 Å². The highest BCUT2D eigenvalue weighted by Crippen LogP contribution is 2.28. The van der Waals surface area contributed by atoms with Gasteiger partial charge in [-0.2, -0.15) is 0 Å². The van der Waals surface area contributed by atoms with Crippen LogP contribution in [0, 0.1) is 5.82 Å². The lowest BCUT2D eigenvalue weighted by Crippen LogP contribution is -2.03. The molecule has 27 heavy (non-hydrogen) atoms. The topological polar surface area (TPSA) is 68.3 Å². The van der Waals surface area contributed by atoms with Crippen molar-refractivity contribution in [1.29, 1.82) is 0 Å². The molecule has 140 valence electrons. The zero-order valence-corrected chi connectivity index (χ0v) is 15.5. The van der Waals surface area contributed by atoms with Gasteiger partial charge in [-0.05, 0) is 35.9 Å². The van der Waals surface area contributed by atoms with Crippen molar-refractivity contribution in [3.05, 3.63) is 65.2 Å². The third-order valence-electron chi connectivity index (χ3n) is 3.78. The number of methoxy groups -OCH3 is 2. The van der Waals surface area contributed by atoms with E-state index in [0.717, 1.165) is 5.56 Å². The van der Waals surface area contributed by atoms with E-state index in [1.807, 2.05) is 18.2 Å². The van der Waals surface area contributed by atoms with Gasteiger partial charge in [0.1, 0.15) is 23.8 Å². The van der Waals surface area contributed by atoms with E-state index in [4.69, 9.17) is 21.1 Å². The molecule has 2 N–H and O–H groups in total. The first-order valence-corrected chi connectivity index (χ1v) is 8.45. The Kier molecular flexibility index (Phi) is 5.93. The Bertz CT molecular complexity index is 939. The Morgan fingerprint density at radius 1 is 0.963 bits per heavy atom. The van der Waals surface area contributed by atoms with Crippen molar-refractivity contribution in [2.75, 3.05) is 24.9 Å². The summed E-state index contributed by atoms with van der Waals surface area (Å²) < 4.78 is 23.8. The number of nitrogens with one attached hydrogen (secondary N) is 2. The van der Waals surface area contributed by atoms with E-state index in [9.17, 15) is 4.39 Å². The molecule has 0 saturated carbocycles. The zero-order chi connectivity index (χ0) is 19.2. The van der Waals surface area contributed by atoms with Gasteiger partial charge in [0.15, 0.2) is 11.5 Å². The fourth-order valence-electron chi connectivity index (χ4n) is 2.43. The van der Waals surface area contributed by atoms with E-state index in [1.54, 1.807) is 26.4 Å². The van der Waals surface area contributed by atoms with Gasteiger partial charge in [-0.1, -0.05) is 17.7 Å². The van der Waals surface area contributed by atoms with Crippen molar-refractivity contribution in [1.82, 2.24) is 9.97 Å². The van der Waals surface area contributed by atoms with Crippen molar-refractivity contribution in [2.24, 2.45) is 0 Å². The van der Waals surface area contributed by atoms with Gasteiger partial charge in [0.25, 0.3) is 0 Å². The summed E-state index contributed by atoms with van der Waals surface area (Å²) in [6, 6.07) is 11.8. The summed E-state index contributed by atoms with van der Waals surface area (Å²) >= 11 is 5.80. The number of ether oxygens (including phenoxy) is 2. The summed E-state index contributed by atoms with van der Waals surface area (Å²) in [5.74, 6) is 2.06. The molecule has 0 spiro atoms. The minimum absolute atomic E-state index is 0.0425. The number of anilines is 3. The molecule has 0 aliphatic carbocycles. The second-order valence-electron chi connectivity index (χ2n) is 5.59. The highest BCUT2D eigenvalue weighted by molar-refractivity contribution is 6.31. The molecule has 0 fully saturated rings. The number of halogens is 2. The fraction of sp³-hybridized carbons (Fsp3) is 0.158. The van der Waals surface area contributed by atoms with Gasteiger partial charge in [-0.25, -0.2) is 14.4 Å². The van der Waals surface area contributed by atoms with Gasteiger partial charge >= 0.3 is 0 Å². The van der Waals surface area contributed by atoms with Crippen LogP contribution in [0.4, 0.5) is 21.7 Å². The summed E-state index contributed by atoms with van der Waals surface area (Å²) in [5, 5.41) is 6.33. The third-order valence-corrected chi connectivity index (χ3v) is 4.07. The number of benzene rings is 2. The standard InChI is InChI=1S/C19H18ClFN4O2/c1-26-16-6-3-12(7-17(16)27-2)10-22-18-9-19(24-11-23-18)25-13-4-5-15(21)14(20)8-13/h3-9,11H,10H2,1-2H3,(H2,22,23,24,25). The van der Waals surface area contributed by atoms with Crippen molar-refractivity contribution in [3.8, 4) is 11.5 Å². The molecule has 3 aromatic rings. The molecule has 8 heteroatoms. The van der Waals surface area contributed by atoms with Crippen molar-refractivity contribution in [2.45, 2.75) is 6.54 Å². The minimum Gasteiger partial charge on any atom is -0.493 e. The van der Waals surface area contributed by atoms with Crippen LogP contribution in [-0.4, -0.2) is 24.2 Å². The number of aromatic nitrogens is 2. The molecule has 0 aliphatic rings. The SMILES string of the molecule is COc1ccc(CNc2cc(Nc3ccc(F)c(Cl)c3)ncn2)cc1OC. The normalized spacial score (nSPS) is 10.4. The molecule has 0 saturated heterocycles. The Balaban J connectivity index is 1.68. The lowest BCUT2D eigenvalue weighted by molar-refractivity contribution is 0.354. The molecule has 0 amide bonds. The highest BCUT2D eigenvalue weighted by atomic mass is 35.5.